The zero-order chi connectivity index (χ0) is 12.5. The van der Waals surface area contributed by atoms with Crippen LogP contribution in [0.25, 0.3) is 11.4 Å². The highest BCUT2D eigenvalue weighted by atomic mass is 16.4. The molecule has 1 aliphatic heterocycles. The van der Waals surface area contributed by atoms with Crippen molar-refractivity contribution >= 4 is 11.8 Å². The highest BCUT2D eigenvalue weighted by Crippen LogP contribution is 2.28. The number of nitrogens with one attached hydrogen (secondary N) is 1. The quantitative estimate of drug-likeness (QED) is 0.836. The summed E-state index contributed by atoms with van der Waals surface area (Å²) in [6.45, 7) is 1.56. The summed E-state index contributed by atoms with van der Waals surface area (Å²) in [7, 11) is 0. The summed E-state index contributed by atoms with van der Waals surface area (Å²) in [5.41, 5.74) is 0.962. The highest BCUT2D eigenvalue weighted by molar-refractivity contribution is 5.92. The average Bonchev–Trinajstić information content (AvgIpc) is 2.79. The number of aromatic nitrogens is 3. The van der Waals surface area contributed by atoms with E-state index >= 15 is 0 Å². The smallest absolute Gasteiger partial charge is 0.358 e. The summed E-state index contributed by atoms with van der Waals surface area (Å²) in [5, 5.41) is 12.3. The van der Waals surface area contributed by atoms with E-state index in [2.05, 4.69) is 15.3 Å². The topological polar surface area (TPSA) is 80.0 Å². The van der Waals surface area contributed by atoms with Crippen molar-refractivity contribution in [2.45, 2.75) is 13.0 Å². The van der Waals surface area contributed by atoms with E-state index in [0.29, 0.717) is 11.6 Å². The van der Waals surface area contributed by atoms with Crippen LogP contribution in [0.1, 0.15) is 16.9 Å². The van der Waals surface area contributed by atoms with Crippen molar-refractivity contribution in [2.24, 2.45) is 0 Å². The SMILES string of the molecule is O=C(O)c1nc(-c2ccncc2)n2c1NCCC2. The largest absolute Gasteiger partial charge is 0.476 e. The molecule has 0 atom stereocenters. The molecule has 0 spiro atoms. The lowest BCUT2D eigenvalue weighted by Gasteiger charge is -2.18. The average molecular weight is 244 g/mol. The van der Waals surface area contributed by atoms with Crippen LogP contribution in [-0.4, -0.2) is 32.2 Å². The molecule has 0 fully saturated rings. The van der Waals surface area contributed by atoms with Gasteiger partial charge in [0.1, 0.15) is 11.6 Å². The van der Waals surface area contributed by atoms with Crippen molar-refractivity contribution < 1.29 is 9.90 Å². The van der Waals surface area contributed by atoms with Crippen molar-refractivity contribution in [3.05, 3.63) is 30.2 Å². The van der Waals surface area contributed by atoms with Crippen LogP contribution in [0, 0.1) is 0 Å². The number of rotatable bonds is 2. The van der Waals surface area contributed by atoms with Gasteiger partial charge in [0.15, 0.2) is 5.69 Å². The van der Waals surface area contributed by atoms with Crippen molar-refractivity contribution in [2.75, 3.05) is 11.9 Å². The van der Waals surface area contributed by atoms with E-state index in [1.165, 1.54) is 0 Å². The lowest BCUT2D eigenvalue weighted by molar-refractivity contribution is 0.0692. The van der Waals surface area contributed by atoms with Gasteiger partial charge in [-0.05, 0) is 18.6 Å². The van der Waals surface area contributed by atoms with Crippen molar-refractivity contribution in [1.29, 1.82) is 0 Å². The molecule has 2 aromatic heterocycles. The molecule has 0 bridgehead atoms. The molecule has 0 radical (unpaired) electrons. The predicted molar refractivity (Wildman–Crippen MR) is 65.5 cm³/mol. The fraction of sp³-hybridized carbons (Fsp3) is 0.250. The predicted octanol–water partition coefficient (Wildman–Crippen LogP) is 1.46. The molecule has 0 saturated carbocycles. The summed E-state index contributed by atoms with van der Waals surface area (Å²) < 4.78 is 1.92. The normalized spacial score (nSPS) is 13.8. The van der Waals surface area contributed by atoms with Gasteiger partial charge in [0.05, 0.1) is 0 Å². The Morgan fingerprint density at radius 2 is 2.17 bits per heavy atom. The molecular formula is C12H12N4O2. The first-order valence-corrected chi connectivity index (χ1v) is 5.75. The van der Waals surface area contributed by atoms with Gasteiger partial charge in [-0.2, -0.15) is 0 Å². The van der Waals surface area contributed by atoms with Crippen LogP contribution in [0.15, 0.2) is 24.5 Å². The minimum Gasteiger partial charge on any atom is -0.476 e. The van der Waals surface area contributed by atoms with Gasteiger partial charge in [0.2, 0.25) is 0 Å². The second kappa shape index (κ2) is 4.14. The summed E-state index contributed by atoms with van der Waals surface area (Å²) in [5.74, 6) is 0.269. The third-order valence-electron chi connectivity index (χ3n) is 2.96. The molecule has 6 heteroatoms. The third kappa shape index (κ3) is 1.62. The molecule has 1 aliphatic rings. The van der Waals surface area contributed by atoms with Crippen LogP contribution in [0.5, 0.6) is 0 Å². The lowest BCUT2D eigenvalue weighted by atomic mass is 10.2. The Bertz CT molecular complexity index is 592. The number of aromatic carboxylic acids is 1. The first-order valence-electron chi connectivity index (χ1n) is 5.75. The highest BCUT2D eigenvalue weighted by Gasteiger charge is 2.24. The number of carboxylic acids is 1. The van der Waals surface area contributed by atoms with Gasteiger partial charge in [-0.1, -0.05) is 0 Å². The van der Waals surface area contributed by atoms with E-state index in [1.807, 2.05) is 16.7 Å². The van der Waals surface area contributed by atoms with E-state index < -0.39 is 5.97 Å². The Labute approximate surface area is 103 Å². The molecule has 0 aliphatic carbocycles. The van der Waals surface area contributed by atoms with Crippen LogP contribution < -0.4 is 5.32 Å². The molecule has 0 aromatic carbocycles. The number of imidazole rings is 1. The van der Waals surface area contributed by atoms with Crippen LogP contribution in [0.2, 0.25) is 0 Å². The Hall–Kier alpha value is -2.37. The van der Waals surface area contributed by atoms with Crippen molar-refractivity contribution in [3.8, 4) is 11.4 Å². The van der Waals surface area contributed by atoms with Crippen molar-refractivity contribution in [3.63, 3.8) is 0 Å². The van der Waals surface area contributed by atoms with E-state index in [4.69, 9.17) is 0 Å². The number of fused-ring (bicyclic) bond motifs is 1. The molecule has 6 nitrogen and oxygen atoms in total. The van der Waals surface area contributed by atoms with E-state index in [0.717, 1.165) is 25.1 Å². The fourth-order valence-electron chi connectivity index (χ4n) is 2.16. The number of carbonyl (C=O) groups is 1. The molecule has 18 heavy (non-hydrogen) atoms. The Morgan fingerprint density at radius 1 is 1.39 bits per heavy atom. The standard InChI is InChI=1S/C12H12N4O2/c17-12(18)9-11-14-4-1-7-16(11)10(15-9)8-2-5-13-6-3-8/h2-3,5-6,14H,1,4,7H2,(H,17,18). The second-order valence-electron chi connectivity index (χ2n) is 4.11. The summed E-state index contributed by atoms with van der Waals surface area (Å²) in [6.07, 6.45) is 4.31. The number of anilines is 1. The first kappa shape index (κ1) is 10.8. The van der Waals surface area contributed by atoms with Crippen LogP contribution in [0.3, 0.4) is 0 Å². The summed E-state index contributed by atoms with van der Waals surface area (Å²) in [4.78, 5) is 19.4. The Balaban J connectivity index is 2.18. The van der Waals surface area contributed by atoms with E-state index in [1.54, 1.807) is 12.4 Å². The van der Waals surface area contributed by atoms with Crippen LogP contribution >= 0.6 is 0 Å². The number of nitrogens with zero attached hydrogens (tertiary/aromatic N) is 3. The van der Waals surface area contributed by atoms with Crippen LogP contribution in [0.4, 0.5) is 5.82 Å². The van der Waals surface area contributed by atoms with Crippen LogP contribution in [-0.2, 0) is 6.54 Å². The molecular weight excluding hydrogens is 232 g/mol. The first-order chi connectivity index (χ1) is 8.77. The van der Waals surface area contributed by atoms with Gasteiger partial charge in [0, 0.05) is 31.0 Å². The summed E-state index contributed by atoms with van der Waals surface area (Å²) >= 11 is 0. The molecule has 2 aromatic rings. The van der Waals surface area contributed by atoms with E-state index in [9.17, 15) is 9.90 Å². The molecule has 3 rings (SSSR count). The molecule has 0 amide bonds. The maximum absolute atomic E-state index is 11.2. The molecule has 3 heterocycles. The number of pyridine rings is 1. The van der Waals surface area contributed by atoms with Gasteiger partial charge < -0.3 is 15.0 Å². The number of hydrogen-bond acceptors (Lipinski definition) is 4. The summed E-state index contributed by atoms with van der Waals surface area (Å²) in [6, 6.07) is 3.66. The third-order valence-corrected chi connectivity index (χ3v) is 2.96. The van der Waals surface area contributed by atoms with E-state index in [-0.39, 0.29) is 5.69 Å². The molecule has 0 saturated heterocycles. The maximum Gasteiger partial charge on any atom is 0.358 e. The monoisotopic (exact) mass is 244 g/mol. The number of carboxylic acid groups (broad SMARTS) is 1. The van der Waals surface area contributed by atoms with Gasteiger partial charge in [-0.15, -0.1) is 0 Å². The minimum atomic E-state index is -1.01. The van der Waals surface area contributed by atoms with Gasteiger partial charge in [-0.3, -0.25) is 4.98 Å². The zero-order valence-corrected chi connectivity index (χ0v) is 9.63. The fourth-order valence-corrected chi connectivity index (χ4v) is 2.16. The zero-order valence-electron chi connectivity index (χ0n) is 9.63. The Kier molecular flexibility index (Phi) is 2.47. The Morgan fingerprint density at radius 3 is 2.89 bits per heavy atom. The maximum atomic E-state index is 11.2. The molecule has 0 unspecified atom stereocenters. The lowest BCUT2D eigenvalue weighted by Crippen LogP contribution is -2.19. The van der Waals surface area contributed by atoms with Gasteiger partial charge >= 0.3 is 5.97 Å². The molecule has 92 valence electrons. The molecule has 2 N–H and O–H groups in total. The second-order valence-corrected chi connectivity index (χ2v) is 4.11. The van der Waals surface area contributed by atoms with Gasteiger partial charge in [-0.25, -0.2) is 9.78 Å². The number of hydrogen-bond donors (Lipinski definition) is 2. The minimum absolute atomic E-state index is 0.0847. The van der Waals surface area contributed by atoms with Crippen molar-refractivity contribution in [1.82, 2.24) is 14.5 Å². The van der Waals surface area contributed by atoms with Gasteiger partial charge in [0.25, 0.3) is 0 Å².